The lowest BCUT2D eigenvalue weighted by Gasteiger charge is -2.18. The van der Waals surface area contributed by atoms with Gasteiger partial charge >= 0.3 is 0 Å². The Labute approximate surface area is 126 Å². The van der Waals surface area contributed by atoms with E-state index in [4.69, 9.17) is 5.73 Å². The van der Waals surface area contributed by atoms with E-state index >= 15 is 0 Å². The van der Waals surface area contributed by atoms with Crippen LogP contribution in [0, 0.1) is 11.8 Å². The number of anilines is 2. The number of amides is 1. The van der Waals surface area contributed by atoms with Crippen LogP contribution in [0.1, 0.15) is 29.6 Å². The molecule has 0 radical (unpaired) electrons. The van der Waals surface area contributed by atoms with Crippen molar-refractivity contribution in [3.05, 3.63) is 23.8 Å². The van der Waals surface area contributed by atoms with Crippen molar-refractivity contribution < 1.29 is 9.90 Å². The first-order valence-electron chi connectivity index (χ1n) is 7.48. The van der Waals surface area contributed by atoms with Crippen LogP contribution in [0.5, 0.6) is 0 Å². The third kappa shape index (κ3) is 3.67. The van der Waals surface area contributed by atoms with E-state index in [0.29, 0.717) is 29.6 Å². The molecular weight excluding hydrogens is 266 g/mol. The molecule has 1 saturated carbocycles. The standard InChI is InChI=1S/C16H25N3O2/c1-19(2)15-7-6-11(8-14(15)17)16(21)18-9-12-4-3-5-13(12)10-20/h6-8,12-13,20H,3-5,9-10,17H2,1-2H3,(H,18,21). The highest BCUT2D eigenvalue weighted by molar-refractivity contribution is 5.96. The Hall–Kier alpha value is -1.75. The summed E-state index contributed by atoms with van der Waals surface area (Å²) in [6.45, 7) is 0.838. The summed E-state index contributed by atoms with van der Waals surface area (Å²) in [5.74, 6) is 0.611. The number of nitrogens with two attached hydrogens (primary N) is 1. The molecule has 2 rings (SSSR count). The zero-order chi connectivity index (χ0) is 15.4. The Balaban J connectivity index is 1.96. The molecule has 2 atom stereocenters. The maximum absolute atomic E-state index is 12.2. The SMILES string of the molecule is CN(C)c1ccc(C(=O)NCC2CCCC2CO)cc1N. The van der Waals surface area contributed by atoms with Gasteiger partial charge in [-0.05, 0) is 42.9 Å². The maximum atomic E-state index is 12.2. The fourth-order valence-electron chi connectivity index (χ4n) is 3.05. The molecule has 5 heteroatoms. The summed E-state index contributed by atoms with van der Waals surface area (Å²) in [4.78, 5) is 14.1. The van der Waals surface area contributed by atoms with Gasteiger partial charge in [-0.25, -0.2) is 0 Å². The van der Waals surface area contributed by atoms with Crippen LogP contribution >= 0.6 is 0 Å². The molecule has 1 aromatic rings. The second-order valence-corrected chi connectivity index (χ2v) is 6.01. The molecule has 1 aromatic carbocycles. The minimum absolute atomic E-state index is 0.101. The number of hydrogen-bond donors (Lipinski definition) is 3. The van der Waals surface area contributed by atoms with E-state index in [-0.39, 0.29) is 12.5 Å². The van der Waals surface area contributed by atoms with Crippen molar-refractivity contribution in [2.75, 3.05) is 37.9 Å². The lowest BCUT2D eigenvalue weighted by Crippen LogP contribution is -2.31. The average Bonchev–Trinajstić information content (AvgIpc) is 2.91. The molecule has 1 aliphatic carbocycles. The molecule has 2 unspecified atom stereocenters. The van der Waals surface area contributed by atoms with Crippen LogP contribution in [-0.4, -0.2) is 38.3 Å². The van der Waals surface area contributed by atoms with Crippen molar-refractivity contribution in [2.24, 2.45) is 11.8 Å². The second kappa shape index (κ2) is 6.80. The number of hydrogen-bond acceptors (Lipinski definition) is 4. The Morgan fingerprint density at radius 3 is 2.71 bits per heavy atom. The lowest BCUT2D eigenvalue weighted by molar-refractivity contribution is 0.0938. The molecule has 21 heavy (non-hydrogen) atoms. The minimum atomic E-state index is -0.101. The quantitative estimate of drug-likeness (QED) is 0.718. The first-order chi connectivity index (χ1) is 10.0. The Morgan fingerprint density at radius 1 is 1.38 bits per heavy atom. The predicted octanol–water partition coefficient (Wildman–Crippen LogP) is 1.47. The summed E-state index contributed by atoms with van der Waals surface area (Å²) < 4.78 is 0. The number of aliphatic hydroxyl groups is 1. The van der Waals surface area contributed by atoms with Crippen LogP contribution in [0.2, 0.25) is 0 Å². The third-order valence-corrected chi connectivity index (χ3v) is 4.35. The molecule has 0 bridgehead atoms. The Kier molecular flexibility index (Phi) is 5.07. The molecule has 4 N–H and O–H groups in total. The number of aliphatic hydroxyl groups excluding tert-OH is 1. The van der Waals surface area contributed by atoms with Gasteiger partial charge < -0.3 is 21.1 Å². The van der Waals surface area contributed by atoms with Gasteiger partial charge in [0, 0.05) is 32.8 Å². The summed E-state index contributed by atoms with van der Waals surface area (Å²) >= 11 is 0. The molecule has 0 aromatic heterocycles. The minimum Gasteiger partial charge on any atom is -0.397 e. The first-order valence-corrected chi connectivity index (χ1v) is 7.48. The van der Waals surface area contributed by atoms with Gasteiger partial charge in [0.15, 0.2) is 0 Å². The highest BCUT2D eigenvalue weighted by Crippen LogP contribution is 2.30. The first kappa shape index (κ1) is 15.6. The number of benzene rings is 1. The maximum Gasteiger partial charge on any atom is 0.251 e. The summed E-state index contributed by atoms with van der Waals surface area (Å²) in [7, 11) is 3.83. The van der Waals surface area contributed by atoms with Crippen LogP contribution in [0.4, 0.5) is 11.4 Å². The lowest BCUT2D eigenvalue weighted by atomic mass is 9.97. The van der Waals surface area contributed by atoms with Crippen LogP contribution < -0.4 is 16.0 Å². The van der Waals surface area contributed by atoms with E-state index in [2.05, 4.69) is 5.32 Å². The Bertz CT molecular complexity index is 502. The van der Waals surface area contributed by atoms with Crippen LogP contribution in [-0.2, 0) is 0 Å². The Morgan fingerprint density at radius 2 is 2.10 bits per heavy atom. The van der Waals surface area contributed by atoms with Crippen molar-refractivity contribution in [3.8, 4) is 0 Å². The summed E-state index contributed by atoms with van der Waals surface area (Å²) in [6, 6.07) is 5.36. The van der Waals surface area contributed by atoms with E-state index in [0.717, 1.165) is 24.9 Å². The fourth-order valence-corrected chi connectivity index (χ4v) is 3.05. The van der Waals surface area contributed by atoms with Gasteiger partial charge in [0.25, 0.3) is 5.91 Å². The molecule has 0 saturated heterocycles. The largest absolute Gasteiger partial charge is 0.397 e. The van der Waals surface area contributed by atoms with Gasteiger partial charge in [-0.3, -0.25) is 4.79 Å². The van der Waals surface area contributed by atoms with E-state index in [1.807, 2.05) is 25.1 Å². The van der Waals surface area contributed by atoms with Crippen molar-refractivity contribution in [3.63, 3.8) is 0 Å². The molecule has 116 valence electrons. The van der Waals surface area contributed by atoms with Gasteiger partial charge in [0.1, 0.15) is 0 Å². The number of carbonyl (C=O) groups excluding carboxylic acids is 1. The fraction of sp³-hybridized carbons (Fsp3) is 0.562. The van der Waals surface area contributed by atoms with E-state index in [1.165, 1.54) is 0 Å². The van der Waals surface area contributed by atoms with Crippen molar-refractivity contribution in [1.29, 1.82) is 0 Å². The van der Waals surface area contributed by atoms with Crippen LogP contribution in [0.3, 0.4) is 0 Å². The molecule has 1 aliphatic rings. The van der Waals surface area contributed by atoms with Crippen molar-refractivity contribution >= 4 is 17.3 Å². The van der Waals surface area contributed by atoms with Crippen molar-refractivity contribution in [2.45, 2.75) is 19.3 Å². The van der Waals surface area contributed by atoms with Crippen molar-refractivity contribution in [1.82, 2.24) is 5.32 Å². The molecule has 5 nitrogen and oxygen atoms in total. The van der Waals surface area contributed by atoms with E-state index in [1.54, 1.807) is 12.1 Å². The molecule has 0 aliphatic heterocycles. The molecule has 0 spiro atoms. The predicted molar refractivity (Wildman–Crippen MR) is 85.4 cm³/mol. The van der Waals surface area contributed by atoms with E-state index in [9.17, 15) is 9.90 Å². The molecular formula is C16H25N3O2. The van der Waals surface area contributed by atoms with Gasteiger partial charge in [-0.2, -0.15) is 0 Å². The molecule has 1 amide bonds. The zero-order valence-electron chi connectivity index (χ0n) is 12.8. The second-order valence-electron chi connectivity index (χ2n) is 6.01. The highest BCUT2D eigenvalue weighted by Gasteiger charge is 2.26. The number of nitrogens with zero attached hydrogens (tertiary/aromatic N) is 1. The number of nitrogen functional groups attached to an aromatic ring is 1. The zero-order valence-corrected chi connectivity index (χ0v) is 12.8. The van der Waals surface area contributed by atoms with Crippen LogP contribution in [0.25, 0.3) is 0 Å². The number of rotatable bonds is 5. The van der Waals surface area contributed by atoms with Crippen LogP contribution in [0.15, 0.2) is 18.2 Å². The normalized spacial score (nSPS) is 21.3. The monoisotopic (exact) mass is 291 g/mol. The third-order valence-electron chi connectivity index (χ3n) is 4.35. The summed E-state index contributed by atoms with van der Waals surface area (Å²) in [5, 5.41) is 12.3. The van der Waals surface area contributed by atoms with Gasteiger partial charge in [-0.1, -0.05) is 6.42 Å². The summed E-state index contributed by atoms with van der Waals surface area (Å²) in [5.41, 5.74) is 8.05. The van der Waals surface area contributed by atoms with Gasteiger partial charge in [0.05, 0.1) is 11.4 Å². The summed E-state index contributed by atoms with van der Waals surface area (Å²) in [6.07, 6.45) is 3.27. The highest BCUT2D eigenvalue weighted by atomic mass is 16.3. The average molecular weight is 291 g/mol. The number of nitrogens with one attached hydrogen (secondary N) is 1. The number of carbonyl (C=O) groups is 1. The molecule has 1 fully saturated rings. The molecule has 0 heterocycles. The van der Waals surface area contributed by atoms with Gasteiger partial charge in [0.2, 0.25) is 0 Å². The topological polar surface area (TPSA) is 78.6 Å². The smallest absolute Gasteiger partial charge is 0.251 e. The van der Waals surface area contributed by atoms with E-state index < -0.39 is 0 Å². The van der Waals surface area contributed by atoms with Gasteiger partial charge in [-0.15, -0.1) is 0 Å².